The van der Waals surface area contributed by atoms with Crippen LogP contribution in [0.4, 0.5) is 0 Å². The molecule has 0 atom stereocenters. The van der Waals surface area contributed by atoms with Crippen molar-refractivity contribution >= 4 is 27.5 Å². The predicted molar refractivity (Wildman–Crippen MR) is 93.8 cm³/mol. The topological polar surface area (TPSA) is 70.5 Å². The summed E-state index contributed by atoms with van der Waals surface area (Å²) in [6, 6.07) is 4.92. The van der Waals surface area contributed by atoms with Gasteiger partial charge in [-0.3, -0.25) is 0 Å². The largest absolute Gasteiger partial charge is 0.493 e. The molecule has 1 aliphatic rings. The molecule has 0 bridgehead atoms. The number of fused-ring (bicyclic) bond motifs is 3. The van der Waals surface area contributed by atoms with Gasteiger partial charge >= 0.3 is 5.97 Å². The van der Waals surface area contributed by atoms with E-state index < -0.39 is 5.97 Å². The van der Waals surface area contributed by atoms with E-state index in [0.29, 0.717) is 22.9 Å². The minimum absolute atomic E-state index is 0.399. The number of aromatic nitrogens is 2. The van der Waals surface area contributed by atoms with Crippen LogP contribution in [0, 0.1) is 0 Å². The molecule has 4 rings (SSSR count). The zero-order chi connectivity index (χ0) is 17.4. The lowest BCUT2D eigenvalue weighted by Gasteiger charge is -2.11. The van der Waals surface area contributed by atoms with Crippen LogP contribution < -0.4 is 9.47 Å². The maximum absolute atomic E-state index is 11.7. The number of hydrogen-bond acceptors (Lipinski definition) is 7. The fourth-order valence-corrected chi connectivity index (χ4v) is 4.30. The number of aryl methyl sites for hydroxylation is 2. The third kappa shape index (κ3) is 2.70. The molecule has 1 aliphatic carbocycles. The van der Waals surface area contributed by atoms with Gasteiger partial charge in [0.15, 0.2) is 11.5 Å². The molecular weight excluding hydrogens is 340 g/mol. The van der Waals surface area contributed by atoms with Crippen LogP contribution in [0.15, 0.2) is 24.5 Å². The number of hydrogen-bond donors (Lipinski definition) is 0. The summed E-state index contributed by atoms with van der Waals surface area (Å²) in [6.45, 7) is 0. The van der Waals surface area contributed by atoms with Crippen molar-refractivity contribution in [1.29, 1.82) is 0 Å². The highest BCUT2D eigenvalue weighted by Crippen LogP contribution is 2.42. The summed E-state index contributed by atoms with van der Waals surface area (Å²) in [6.07, 6.45) is 4.78. The lowest BCUT2D eigenvalue weighted by Crippen LogP contribution is -2.02. The minimum Gasteiger partial charge on any atom is -0.493 e. The van der Waals surface area contributed by atoms with Crippen LogP contribution in [0.1, 0.15) is 27.2 Å². The first kappa shape index (κ1) is 15.8. The van der Waals surface area contributed by atoms with Crippen molar-refractivity contribution < 1.29 is 19.0 Å². The molecule has 0 fully saturated rings. The number of nitrogens with zero attached hydrogens (tertiary/aromatic N) is 2. The van der Waals surface area contributed by atoms with Gasteiger partial charge in [0.1, 0.15) is 11.2 Å². The summed E-state index contributed by atoms with van der Waals surface area (Å²) in [5.74, 6) is 1.04. The first-order valence-corrected chi connectivity index (χ1v) is 8.72. The Bertz CT molecular complexity index is 967. The summed E-state index contributed by atoms with van der Waals surface area (Å²) in [5.41, 5.74) is 1.69. The molecule has 7 heteroatoms. The van der Waals surface area contributed by atoms with E-state index in [-0.39, 0.29) is 0 Å². The number of carbonyl (C=O) groups is 1. The SMILES string of the molecule is COC(=O)c1ccc(Oc2ncnc3sc4c(c23)CCC4)c(OC)c1. The molecule has 128 valence electrons. The van der Waals surface area contributed by atoms with E-state index in [1.165, 1.54) is 31.0 Å². The van der Waals surface area contributed by atoms with E-state index in [1.54, 1.807) is 29.5 Å². The van der Waals surface area contributed by atoms with Crippen molar-refractivity contribution in [2.24, 2.45) is 0 Å². The zero-order valence-corrected chi connectivity index (χ0v) is 14.7. The molecule has 0 amide bonds. The summed E-state index contributed by atoms with van der Waals surface area (Å²) in [4.78, 5) is 22.7. The number of rotatable bonds is 4. The van der Waals surface area contributed by atoms with Gasteiger partial charge in [0, 0.05) is 4.88 Å². The molecule has 0 unspecified atom stereocenters. The van der Waals surface area contributed by atoms with Gasteiger partial charge in [-0.05, 0) is 43.0 Å². The van der Waals surface area contributed by atoms with E-state index in [9.17, 15) is 4.79 Å². The van der Waals surface area contributed by atoms with Gasteiger partial charge in [0.2, 0.25) is 5.88 Å². The number of esters is 1. The molecule has 0 spiro atoms. The fraction of sp³-hybridized carbons (Fsp3) is 0.278. The van der Waals surface area contributed by atoms with Crippen LogP contribution in [0.5, 0.6) is 17.4 Å². The zero-order valence-electron chi connectivity index (χ0n) is 13.9. The molecule has 0 N–H and O–H groups in total. The van der Waals surface area contributed by atoms with Crippen molar-refractivity contribution in [3.8, 4) is 17.4 Å². The van der Waals surface area contributed by atoms with Crippen molar-refractivity contribution in [3.05, 3.63) is 40.5 Å². The van der Waals surface area contributed by atoms with Crippen LogP contribution >= 0.6 is 11.3 Å². The van der Waals surface area contributed by atoms with Gasteiger partial charge in [-0.25, -0.2) is 14.8 Å². The Morgan fingerprint density at radius 2 is 2.04 bits per heavy atom. The highest BCUT2D eigenvalue weighted by atomic mass is 32.1. The Hall–Kier alpha value is -2.67. The lowest BCUT2D eigenvalue weighted by molar-refractivity contribution is 0.0600. The van der Waals surface area contributed by atoms with E-state index >= 15 is 0 Å². The van der Waals surface area contributed by atoms with Crippen molar-refractivity contribution in [3.63, 3.8) is 0 Å². The Morgan fingerprint density at radius 1 is 1.16 bits per heavy atom. The molecule has 2 aromatic heterocycles. The first-order valence-electron chi connectivity index (χ1n) is 7.90. The van der Waals surface area contributed by atoms with Gasteiger partial charge in [-0.2, -0.15) is 0 Å². The average molecular weight is 356 g/mol. The quantitative estimate of drug-likeness (QED) is 0.663. The minimum atomic E-state index is -0.426. The standard InChI is InChI=1S/C18H16N2O4S/c1-22-13-8-10(18(21)23-2)6-7-12(13)24-16-15-11-4-3-5-14(11)25-17(15)20-9-19-16/h6-9H,3-5H2,1-2H3. The first-order chi connectivity index (χ1) is 12.2. The molecule has 25 heavy (non-hydrogen) atoms. The summed E-state index contributed by atoms with van der Waals surface area (Å²) >= 11 is 1.71. The maximum Gasteiger partial charge on any atom is 0.337 e. The molecule has 6 nitrogen and oxygen atoms in total. The van der Waals surface area contributed by atoms with Gasteiger partial charge in [-0.15, -0.1) is 11.3 Å². The lowest BCUT2D eigenvalue weighted by atomic mass is 10.2. The van der Waals surface area contributed by atoms with Gasteiger partial charge in [0.25, 0.3) is 0 Å². The van der Waals surface area contributed by atoms with Crippen molar-refractivity contribution in [2.75, 3.05) is 14.2 Å². The van der Waals surface area contributed by atoms with E-state index in [0.717, 1.165) is 29.5 Å². The molecule has 0 saturated heterocycles. The number of benzene rings is 1. The highest BCUT2D eigenvalue weighted by molar-refractivity contribution is 7.18. The molecule has 3 aromatic rings. The van der Waals surface area contributed by atoms with E-state index in [1.807, 2.05) is 0 Å². The molecule has 1 aromatic carbocycles. The predicted octanol–water partition coefficient (Wildman–Crippen LogP) is 3.77. The van der Waals surface area contributed by atoms with Crippen LogP contribution in [0.3, 0.4) is 0 Å². The van der Waals surface area contributed by atoms with Crippen molar-refractivity contribution in [1.82, 2.24) is 9.97 Å². The fourth-order valence-electron chi connectivity index (χ4n) is 3.08. The van der Waals surface area contributed by atoms with E-state index in [2.05, 4.69) is 9.97 Å². The second-order valence-electron chi connectivity index (χ2n) is 5.68. The van der Waals surface area contributed by atoms with Crippen LogP contribution in [0.25, 0.3) is 10.2 Å². The number of carbonyl (C=O) groups excluding carboxylic acids is 1. The van der Waals surface area contributed by atoms with E-state index in [4.69, 9.17) is 14.2 Å². The Balaban J connectivity index is 1.76. The molecular formula is C18H16N2O4S. The van der Waals surface area contributed by atoms with Gasteiger partial charge < -0.3 is 14.2 Å². The van der Waals surface area contributed by atoms with Crippen LogP contribution in [0.2, 0.25) is 0 Å². The summed E-state index contributed by atoms with van der Waals surface area (Å²) < 4.78 is 16.1. The third-order valence-electron chi connectivity index (χ3n) is 4.26. The van der Waals surface area contributed by atoms with Crippen LogP contribution in [-0.4, -0.2) is 30.2 Å². The number of methoxy groups -OCH3 is 2. The number of ether oxygens (including phenoxy) is 3. The Morgan fingerprint density at radius 3 is 2.84 bits per heavy atom. The molecule has 0 saturated carbocycles. The van der Waals surface area contributed by atoms with Crippen molar-refractivity contribution in [2.45, 2.75) is 19.3 Å². The summed E-state index contributed by atoms with van der Waals surface area (Å²) in [7, 11) is 2.87. The van der Waals surface area contributed by atoms with Crippen LogP contribution in [-0.2, 0) is 17.6 Å². The molecule has 0 aliphatic heterocycles. The molecule has 2 heterocycles. The maximum atomic E-state index is 11.7. The Labute approximate surface area is 148 Å². The molecule has 0 radical (unpaired) electrons. The van der Waals surface area contributed by atoms with Gasteiger partial charge in [0.05, 0.1) is 25.2 Å². The smallest absolute Gasteiger partial charge is 0.337 e. The monoisotopic (exact) mass is 356 g/mol. The summed E-state index contributed by atoms with van der Waals surface area (Å²) in [5, 5.41) is 0.985. The second-order valence-corrected chi connectivity index (χ2v) is 6.76. The van der Waals surface area contributed by atoms with Gasteiger partial charge in [-0.1, -0.05) is 0 Å². The average Bonchev–Trinajstić information content (AvgIpc) is 3.22. The number of thiophene rings is 1. The second kappa shape index (κ2) is 6.33. The Kier molecular flexibility index (Phi) is 4.01. The normalized spacial score (nSPS) is 12.9. The third-order valence-corrected chi connectivity index (χ3v) is 5.46. The highest BCUT2D eigenvalue weighted by Gasteiger charge is 2.23.